The van der Waals surface area contributed by atoms with Crippen LogP contribution in [0, 0.1) is 5.92 Å². The molecule has 1 aromatic carbocycles. The summed E-state index contributed by atoms with van der Waals surface area (Å²) in [5, 5.41) is 3.90. The van der Waals surface area contributed by atoms with Gasteiger partial charge < -0.3 is 11.1 Å². The Balaban J connectivity index is 1.70. The Morgan fingerprint density at radius 3 is 2.71 bits per heavy atom. The van der Waals surface area contributed by atoms with E-state index in [2.05, 4.69) is 5.32 Å². The average molecular weight is 327 g/mol. The SMILES string of the molecule is NCC1CCCCC1NC(=O)CCSc1ccc(Cl)cc1. The molecule has 1 aliphatic rings. The van der Waals surface area contributed by atoms with E-state index in [-0.39, 0.29) is 11.9 Å². The molecule has 0 aliphatic heterocycles. The van der Waals surface area contributed by atoms with Crippen molar-refractivity contribution < 1.29 is 4.79 Å². The molecule has 0 saturated heterocycles. The highest BCUT2D eigenvalue weighted by Crippen LogP contribution is 2.24. The van der Waals surface area contributed by atoms with Crippen molar-refractivity contribution in [1.82, 2.24) is 5.32 Å². The van der Waals surface area contributed by atoms with Crippen LogP contribution in [-0.2, 0) is 4.79 Å². The van der Waals surface area contributed by atoms with E-state index in [9.17, 15) is 4.79 Å². The molecular weight excluding hydrogens is 304 g/mol. The predicted octanol–water partition coefficient (Wildman–Crippen LogP) is 3.46. The molecule has 2 rings (SSSR count). The molecule has 116 valence electrons. The number of hydrogen-bond acceptors (Lipinski definition) is 3. The molecule has 0 bridgehead atoms. The van der Waals surface area contributed by atoms with Gasteiger partial charge in [0.15, 0.2) is 0 Å². The molecule has 3 nitrogen and oxygen atoms in total. The topological polar surface area (TPSA) is 55.1 Å². The minimum atomic E-state index is 0.141. The van der Waals surface area contributed by atoms with E-state index in [0.717, 1.165) is 28.5 Å². The largest absolute Gasteiger partial charge is 0.353 e. The summed E-state index contributed by atoms with van der Waals surface area (Å²) in [6, 6.07) is 7.99. The fourth-order valence-corrected chi connectivity index (χ4v) is 3.73. The molecule has 1 amide bonds. The van der Waals surface area contributed by atoms with Gasteiger partial charge in [-0.15, -0.1) is 11.8 Å². The molecule has 1 aliphatic carbocycles. The maximum absolute atomic E-state index is 12.0. The molecule has 5 heteroatoms. The lowest BCUT2D eigenvalue weighted by Gasteiger charge is -2.31. The molecule has 0 heterocycles. The maximum Gasteiger partial charge on any atom is 0.221 e. The van der Waals surface area contributed by atoms with E-state index in [4.69, 9.17) is 17.3 Å². The van der Waals surface area contributed by atoms with Crippen LogP contribution in [0.1, 0.15) is 32.1 Å². The van der Waals surface area contributed by atoms with Gasteiger partial charge in [0.1, 0.15) is 0 Å². The van der Waals surface area contributed by atoms with E-state index in [1.807, 2.05) is 24.3 Å². The Labute approximate surface area is 136 Å². The van der Waals surface area contributed by atoms with E-state index >= 15 is 0 Å². The van der Waals surface area contributed by atoms with Gasteiger partial charge in [-0.3, -0.25) is 4.79 Å². The van der Waals surface area contributed by atoms with Gasteiger partial charge in [-0.05, 0) is 49.6 Å². The maximum atomic E-state index is 12.0. The van der Waals surface area contributed by atoms with E-state index in [1.54, 1.807) is 11.8 Å². The van der Waals surface area contributed by atoms with Crippen LogP contribution in [0.3, 0.4) is 0 Å². The van der Waals surface area contributed by atoms with Crippen molar-refractivity contribution in [2.45, 2.75) is 43.0 Å². The number of rotatable bonds is 6. The van der Waals surface area contributed by atoms with Crippen molar-refractivity contribution in [2.24, 2.45) is 11.7 Å². The quantitative estimate of drug-likeness (QED) is 0.787. The number of benzene rings is 1. The first-order valence-corrected chi connectivity index (χ1v) is 8.93. The predicted molar refractivity (Wildman–Crippen MR) is 89.7 cm³/mol. The smallest absolute Gasteiger partial charge is 0.221 e. The zero-order valence-corrected chi connectivity index (χ0v) is 13.8. The molecule has 1 fully saturated rings. The number of nitrogens with one attached hydrogen (secondary N) is 1. The van der Waals surface area contributed by atoms with Crippen molar-refractivity contribution in [3.8, 4) is 0 Å². The molecule has 1 aromatic rings. The Kier molecular flexibility index (Phi) is 6.87. The molecule has 3 N–H and O–H groups in total. The summed E-state index contributed by atoms with van der Waals surface area (Å²) < 4.78 is 0. The Morgan fingerprint density at radius 2 is 2.00 bits per heavy atom. The molecule has 0 spiro atoms. The molecule has 2 atom stereocenters. The van der Waals surface area contributed by atoms with Crippen LogP contribution >= 0.6 is 23.4 Å². The first-order valence-electron chi connectivity index (χ1n) is 7.57. The third-order valence-electron chi connectivity index (χ3n) is 3.97. The molecule has 0 radical (unpaired) electrons. The highest BCUT2D eigenvalue weighted by Gasteiger charge is 2.24. The zero-order valence-electron chi connectivity index (χ0n) is 12.2. The number of halogens is 1. The molecule has 1 saturated carbocycles. The minimum absolute atomic E-state index is 0.141. The minimum Gasteiger partial charge on any atom is -0.353 e. The second-order valence-electron chi connectivity index (χ2n) is 5.51. The Morgan fingerprint density at radius 1 is 1.29 bits per heavy atom. The first-order chi connectivity index (χ1) is 10.2. The highest BCUT2D eigenvalue weighted by molar-refractivity contribution is 7.99. The average Bonchev–Trinajstić information content (AvgIpc) is 2.50. The van der Waals surface area contributed by atoms with Crippen molar-refractivity contribution in [3.63, 3.8) is 0 Å². The van der Waals surface area contributed by atoms with Crippen LogP contribution in [0.5, 0.6) is 0 Å². The Bertz CT molecular complexity index is 452. The van der Waals surface area contributed by atoms with Crippen LogP contribution in [-0.4, -0.2) is 24.2 Å². The number of nitrogens with two attached hydrogens (primary N) is 1. The lowest BCUT2D eigenvalue weighted by molar-refractivity contribution is -0.121. The van der Waals surface area contributed by atoms with Gasteiger partial charge in [0.05, 0.1) is 0 Å². The van der Waals surface area contributed by atoms with Crippen LogP contribution in [0.2, 0.25) is 5.02 Å². The second-order valence-corrected chi connectivity index (χ2v) is 7.11. The standard InChI is InChI=1S/C16H23ClN2OS/c17-13-5-7-14(8-6-13)21-10-9-16(20)19-15-4-2-1-3-12(15)11-18/h5-8,12,15H,1-4,9-11,18H2,(H,19,20). The van der Waals surface area contributed by atoms with Crippen molar-refractivity contribution in [1.29, 1.82) is 0 Å². The molecular formula is C16H23ClN2OS. The van der Waals surface area contributed by atoms with Gasteiger partial charge in [-0.1, -0.05) is 24.4 Å². The van der Waals surface area contributed by atoms with Crippen LogP contribution in [0.4, 0.5) is 0 Å². The Hall–Kier alpha value is -0.710. The van der Waals surface area contributed by atoms with E-state index in [1.165, 1.54) is 12.8 Å². The fourth-order valence-electron chi connectivity index (χ4n) is 2.75. The summed E-state index contributed by atoms with van der Waals surface area (Å²) in [6.07, 6.45) is 5.18. The van der Waals surface area contributed by atoms with Gasteiger partial charge in [-0.25, -0.2) is 0 Å². The molecule has 0 aromatic heterocycles. The van der Waals surface area contributed by atoms with Gasteiger partial charge in [0.25, 0.3) is 0 Å². The molecule has 2 unspecified atom stereocenters. The summed E-state index contributed by atoms with van der Waals surface area (Å²) in [5.74, 6) is 1.38. The monoisotopic (exact) mass is 326 g/mol. The van der Waals surface area contributed by atoms with Crippen molar-refractivity contribution in [3.05, 3.63) is 29.3 Å². The van der Waals surface area contributed by atoms with Crippen molar-refractivity contribution >= 4 is 29.3 Å². The van der Waals surface area contributed by atoms with Crippen molar-refractivity contribution in [2.75, 3.05) is 12.3 Å². The number of carbonyl (C=O) groups excluding carboxylic acids is 1. The summed E-state index contributed by atoms with van der Waals surface area (Å²) in [5.41, 5.74) is 5.79. The number of hydrogen-bond donors (Lipinski definition) is 2. The van der Waals surface area contributed by atoms with E-state index < -0.39 is 0 Å². The number of thioether (sulfide) groups is 1. The third-order valence-corrected chi connectivity index (χ3v) is 5.24. The highest BCUT2D eigenvalue weighted by atomic mass is 35.5. The number of carbonyl (C=O) groups is 1. The van der Waals surface area contributed by atoms with Gasteiger partial charge >= 0.3 is 0 Å². The summed E-state index contributed by atoms with van der Waals surface area (Å²) in [6.45, 7) is 0.671. The second kappa shape index (κ2) is 8.66. The lowest BCUT2D eigenvalue weighted by atomic mass is 9.84. The van der Waals surface area contributed by atoms with Gasteiger partial charge in [0, 0.05) is 28.1 Å². The third kappa shape index (κ3) is 5.53. The zero-order chi connectivity index (χ0) is 15.1. The molecule has 21 heavy (non-hydrogen) atoms. The fraction of sp³-hybridized carbons (Fsp3) is 0.562. The lowest BCUT2D eigenvalue weighted by Crippen LogP contribution is -2.44. The van der Waals surface area contributed by atoms with Gasteiger partial charge in [-0.2, -0.15) is 0 Å². The van der Waals surface area contributed by atoms with E-state index in [0.29, 0.717) is 18.9 Å². The summed E-state index contributed by atoms with van der Waals surface area (Å²) >= 11 is 7.53. The summed E-state index contributed by atoms with van der Waals surface area (Å²) in [4.78, 5) is 13.2. The van der Waals surface area contributed by atoms with Crippen LogP contribution < -0.4 is 11.1 Å². The number of amides is 1. The first kappa shape index (κ1) is 16.7. The van der Waals surface area contributed by atoms with Crippen LogP contribution in [0.25, 0.3) is 0 Å². The summed E-state index contributed by atoms with van der Waals surface area (Å²) in [7, 11) is 0. The van der Waals surface area contributed by atoms with Crippen LogP contribution in [0.15, 0.2) is 29.2 Å². The normalized spacial score (nSPS) is 22.0. The van der Waals surface area contributed by atoms with Gasteiger partial charge in [0.2, 0.25) is 5.91 Å².